The van der Waals surface area contributed by atoms with Gasteiger partial charge >= 0.3 is 5.97 Å². The van der Waals surface area contributed by atoms with Crippen LogP contribution >= 0.6 is 0 Å². The van der Waals surface area contributed by atoms with Crippen LogP contribution in [-0.2, 0) is 16.0 Å². The molecular weight excluding hydrogens is 294 g/mol. The lowest BCUT2D eigenvalue weighted by Gasteiger charge is -2.45. The fourth-order valence-electron chi connectivity index (χ4n) is 3.71. The maximum absolute atomic E-state index is 12.6. The average molecular weight is 317 g/mol. The van der Waals surface area contributed by atoms with Gasteiger partial charge in [0.1, 0.15) is 0 Å². The van der Waals surface area contributed by atoms with Crippen LogP contribution in [0.5, 0.6) is 0 Å². The zero-order valence-electron chi connectivity index (χ0n) is 13.3. The summed E-state index contributed by atoms with van der Waals surface area (Å²) >= 11 is 0. The molecule has 124 valence electrons. The van der Waals surface area contributed by atoms with E-state index < -0.39 is 5.97 Å². The van der Waals surface area contributed by atoms with Crippen LogP contribution < -0.4 is 0 Å². The van der Waals surface area contributed by atoms with Crippen molar-refractivity contribution in [1.82, 2.24) is 4.90 Å². The summed E-state index contributed by atoms with van der Waals surface area (Å²) in [5, 5.41) is 9.24. The third kappa shape index (κ3) is 3.55. The summed E-state index contributed by atoms with van der Waals surface area (Å²) in [6.07, 6.45) is 5.72. The van der Waals surface area contributed by atoms with Crippen molar-refractivity contribution in [1.29, 1.82) is 0 Å². The van der Waals surface area contributed by atoms with Gasteiger partial charge in [0.05, 0.1) is 24.2 Å². The minimum atomic E-state index is -0.987. The Morgan fingerprint density at radius 1 is 1.17 bits per heavy atom. The SMILES string of the molecule is O=C(O)c1ccccc1CC(=O)N1CCOC2(CCCCC2)C1. The summed E-state index contributed by atoms with van der Waals surface area (Å²) in [5.41, 5.74) is 0.619. The fraction of sp³-hybridized carbons (Fsp3) is 0.556. The van der Waals surface area contributed by atoms with Crippen LogP contribution in [0.3, 0.4) is 0 Å². The highest BCUT2D eigenvalue weighted by Gasteiger charge is 2.39. The number of ether oxygens (including phenoxy) is 1. The van der Waals surface area contributed by atoms with Gasteiger partial charge in [-0.05, 0) is 24.5 Å². The molecule has 1 aromatic rings. The molecule has 1 amide bonds. The Morgan fingerprint density at radius 3 is 2.65 bits per heavy atom. The zero-order valence-corrected chi connectivity index (χ0v) is 13.3. The number of morpholine rings is 1. The van der Waals surface area contributed by atoms with Crippen LogP contribution in [0.15, 0.2) is 24.3 Å². The number of carboxylic acids is 1. The average Bonchev–Trinajstić information content (AvgIpc) is 2.56. The molecule has 0 radical (unpaired) electrons. The van der Waals surface area contributed by atoms with E-state index >= 15 is 0 Å². The highest BCUT2D eigenvalue weighted by atomic mass is 16.5. The first-order valence-corrected chi connectivity index (χ1v) is 8.33. The Kier molecular flexibility index (Phi) is 4.66. The molecular formula is C18H23NO4. The molecule has 1 heterocycles. The van der Waals surface area contributed by atoms with Crippen molar-refractivity contribution in [2.45, 2.75) is 44.1 Å². The summed E-state index contributed by atoms with van der Waals surface area (Å²) in [4.78, 5) is 25.8. The van der Waals surface area contributed by atoms with Gasteiger partial charge in [-0.2, -0.15) is 0 Å². The van der Waals surface area contributed by atoms with E-state index in [4.69, 9.17) is 4.74 Å². The van der Waals surface area contributed by atoms with Crippen molar-refractivity contribution in [3.05, 3.63) is 35.4 Å². The van der Waals surface area contributed by atoms with Crippen molar-refractivity contribution >= 4 is 11.9 Å². The Labute approximate surface area is 136 Å². The molecule has 0 unspecified atom stereocenters. The molecule has 1 saturated heterocycles. The summed E-state index contributed by atoms with van der Waals surface area (Å²) < 4.78 is 6.01. The van der Waals surface area contributed by atoms with E-state index in [1.807, 2.05) is 4.90 Å². The van der Waals surface area contributed by atoms with E-state index in [9.17, 15) is 14.7 Å². The van der Waals surface area contributed by atoms with Crippen LogP contribution in [0.4, 0.5) is 0 Å². The van der Waals surface area contributed by atoms with E-state index in [1.165, 1.54) is 6.42 Å². The first-order chi connectivity index (χ1) is 11.1. The topological polar surface area (TPSA) is 66.8 Å². The Bertz CT molecular complexity index is 587. The molecule has 23 heavy (non-hydrogen) atoms. The first kappa shape index (κ1) is 16.0. The van der Waals surface area contributed by atoms with E-state index in [2.05, 4.69) is 0 Å². The van der Waals surface area contributed by atoms with Crippen LogP contribution in [0, 0.1) is 0 Å². The molecule has 1 spiro atoms. The smallest absolute Gasteiger partial charge is 0.335 e. The van der Waals surface area contributed by atoms with Crippen molar-refractivity contribution in [3.63, 3.8) is 0 Å². The molecule has 1 saturated carbocycles. The van der Waals surface area contributed by atoms with Gasteiger partial charge in [0.15, 0.2) is 0 Å². The number of nitrogens with zero attached hydrogens (tertiary/aromatic N) is 1. The zero-order chi connectivity index (χ0) is 16.3. The maximum atomic E-state index is 12.6. The second-order valence-corrected chi connectivity index (χ2v) is 6.55. The minimum Gasteiger partial charge on any atom is -0.478 e. The van der Waals surface area contributed by atoms with Crippen LogP contribution in [0.2, 0.25) is 0 Å². The van der Waals surface area contributed by atoms with E-state index in [0.717, 1.165) is 25.7 Å². The molecule has 0 aromatic heterocycles. The van der Waals surface area contributed by atoms with Crippen LogP contribution in [0.1, 0.15) is 48.0 Å². The number of amides is 1. The number of aromatic carboxylic acids is 1. The Hall–Kier alpha value is -1.88. The number of rotatable bonds is 3. The van der Waals surface area contributed by atoms with E-state index in [1.54, 1.807) is 24.3 Å². The predicted octanol–water partition coefficient (Wildman–Crippen LogP) is 2.49. The second-order valence-electron chi connectivity index (χ2n) is 6.55. The molecule has 0 atom stereocenters. The number of carbonyl (C=O) groups excluding carboxylic acids is 1. The largest absolute Gasteiger partial charge is 0.478 e. The first-order valence-electron chi connectivity index (χ1n) is 8.33. The standard InChI is InChI=1S/C18H23NO4/c20-16(12-14-6-2-3-7-15(14)17(21)22)19-10-11-23-18(13-19)8-4-1-5-9-18/h2-3,6-7H,1,4-5,8-13H2,(H,21,22). The van der Waals surface area contributed by atoms with Gasteiger partial charge < -0.3 is 14.7 Å². The highest BCUT2D eigenvalue weighted by Crippen LogP contribution is 2.34. The van der Waals surface area contributed by atoms with Gasteiger partial charge in [0, 0.05) is 13.1 Å². The molecule has 5 heteroatoms. The number of carbonyl (C=O) groups is 2. The van der Waals surface area contributed by atoms with Gasteiger partial charge in [0.25, 0.3) is 0 Å². The van der Waals surface area contributed by atoms with Gasteiger partial charge in [-0.15, -0.1) is 0 Å². The summed E-state index contributed by atoms with van der Waals surface area (Å²) in [5.74, 6) is -0.994. The molecule has 5 nitrogen and oxygen atoms in total. The lowest BCUT2D eigenvalue weighted by molar-refractivity contribution is -0.155. The number of benzene rings is 1. The fourth-order valence-corrected chi connectivity index (χ4v) is 3.71. The van der Waals surface area contributed by atoms with Gasteiger partial charge in [-0.3, -0.25) is 4.79 Å². The van der Waals surface area contributed by atoms with Crippen LogP contribution in [0.25, 0.3) is 0 Å². The number of carboxylic acid groups (broad SMARTS) is 1. The van der Waals surface area contributed by atoms with E-state index in [0.29, 0.717) is 25.3 Å². The maximum Gasteiger partial charge on any atom is 0.335 e. The van der Waals surface area contributed by atoms with Crippen molar-refractivity contribution in [3.8, 4) is 0 Å². The third-order valence-corrected chi connectivity index (χ3v) is 4.96. The third-order valence-electron chi connectivity index (χ3n) is 4.96. The van der Waals surface area contributed by atoms with Crippen molar-refractivity contribution < 1.29 is 19.4 Å². The summed E-state index contributed by atoms with van der Waals surface area (Å²) in [7, 11) is 0. The lowest BCUT2D eigenvalue weighted by atomic mass is 9.83. The van der Waals surface area contributed by atoms with Gasteiger partial charge in [-0.1, -0.05) is 37.5 Å². The van der Waals surface area contributed by atoms with E-state index in [-0.39, 0.29) is 23.5 Å². The molecule has 2 aliphatic rings. The Balaban J connectivity index is 1.70. The van der Waals surface area contributed by atoms with Crippen molar-refractivity contribution in [2.24, 2.45) is 0 Å². The Morgan fingerprint density at radius 2 is 1.91 bits per heavy atom. The molecule has 1 aromatic carbocycles. The quantitative estimate of drug-likeness (QED) is 0.930. The monoisotopic (exact) mass is 317 g/mol. The number of hydrogen-bond acceptors (Lipinski definition) is 3. The molecule has 2 fully saturated rings. The van der Waals surface area contributed by atoms with Gasteiger partial charge in [0.2, 0.25) is 5.91 Å². The predicted molar refractivity (Wildman–Crippen MR) is 85.5 cm³/mol. The minimum absolute atomic E-state index is 0.00746. The van der Waals surface area contributed by atoms with Gasteiger partial charge in [-0.25, -0.2) is 4.79 Å². The lowest BCUT2D eigenvalue weighted by Crippen LogP contribution is -2.54. The normalized spacial score (nSPS) is 20.4. The summed E-state index contributed by atoms with van der Waals surface area (Å²) in [6, 6.07) is 6.73. The van der Waals surface area contributed by atoms with Crippen molar-refractivity contribution in [2.75, 3.05) is 19.7 Å². The molecule has 3 rings (SSSR count). The van der Waals surface area contributed by atoms with Crippen LogP contribution in [-0.4, -0.2) is 47.2 Å². The molecule has 1 N–H and O–H groups in total. The second kappa shape index (κ2) is 6.71. The molecule has 1 aliphatic heterocycles. The highest BCUT2D eigenvalue weighted by molar-refractivity contribution is 5.91. The molecule has 1 aliphatic carbocycles. The summed E-state index contributed by atoms with van der Waals surface area (Å²) in [6.45, 7) is 1.81. The number of hydrogen-bond donors (Lipinski definition) is 1. The molecule has 0 bridgehead atoms.